The van der Waals surface area contributed by atoms with Crippen LogP contribution in [0, 0.1) is 0 Å². The van der Waals surface area contributed by atoms with E-state index in [1.54, 1.807) is 0 Å². The third kappa shape index (κ3) is 3.27. The van der Waals surface area contributed by atoms with Crippen LogP contribution in [-0.4, -0.2) is 40.6 Å². The van der Waals surface area contributed by atoms with Gasteiger partial charge in [0.2, 0.25) is 0 Å². The highest BCUT2D eigenvalue weighted by Gasteiger charge is 2.64. The molecule has 0 saturated heterocycles. The Morgan fingerprint density at radius 1 is 1.60 bits per heavy atom. The second-order valence-electron chi connectivity index (χ2n) is 2.53. The van der Waals surface area contributed by atoms with Gasteiger partial charge in [0.25, 0.3) is 0 Å². The molecule has 5 N–H and O–H groups in total. The van der Waals surface area contributed by atoms with Crippen molar-refractivity contribution in [2.24, 2.45) is 5.73 Å². The van der Waals surface area contributed by atoms with Gasteiger partial charge in [-0.2, -0.15) is 0 Å². The largest absolute Gasteiger partial charge is 0.559 e. The first-order chi connectivity index (χ1) is 6.85. The van der Waals surface area contributed by atoms with Crippen molar-refractivity contribution in [1.29, 1.82) is 0 Å². The Labute approximate surface area is 87.4 Å². The molecule has 0 aromatic carbocycles. The van der Waals surface area contributed by atoms with E-state index in [0.717, 1.165) is 7.11 Å². The van der Waals surface area contributed by atoms with Crippen molar-refractivity contribution in [2.45, 2.75) is 11.5 Å². The summed E-state index contributed by atoms with van der Waals surface area (Å²) in [5, 5.41) is 15.4. The first-order valence-corrected chi connectivity index (χ1v) is 6.63. The molecule has 3 unspecified atom stereocenters. The smallest absolute Gasteiger partial charge is 0.367 e. The number of aliphatic hydroxyl groups excluding tert-OH is 1. The molecule has 0 aromatic rings. The maximum Gasteiger partial charge on any atom is 0.559 e. The summed E-state index contributed by atoms with van der Waals surface area (Å²) in [6.45, 7) is -1.15. The summed E-state index contributed by atoms with van der Waals surface area (Å²) in [6.07, 6.45) is -0.455. The monoisotopic (exact) mass is 262 g/mol. The van der Waals surface area contributed by atoms with Crippen molar-refractivity contribution in [3.8, 4) is 0 Å². The third-order valence-corrected chi connectivity index (χ3v) is 5.68. The van der Waals surface area contributed by atoms with Crippen molar-refractivity contribution >= 4 is 15.6 Å². The van der Waals surface area contributed by atoms with E-state index in [4.69, 9.17) is 10.8 Å². The van der Waals surface area contributed by atoms with Crippen LogP contribution >= 0.6 is 15.6 Å². The predicted molar refractivity (Wildman–Crippen MR) is 51.2 cm³/mol. The summed E-state index contributed by atoms with van der Waals surface area (Å²) in [5.41, 5.74) is 5.11. The molecule has 0 aliphatic rings. The molecular formula is C5H14NO7P2+. The van der Waals surface area contributed by atoms with Gasteiger partial charge in [-0.05, 0) is 4.57 Å². The van der Waals surface area contributed by atoms with E-state index in [1.165, 1.54) is 0 Å². The Bertz CT molecular complexity index is 272. The fraction of sp³-hybridized carbons (Fsp3) is 1.00. The molecule has 0 bridgehead atoms. The molecule has 10 heteroatoms. The van der Waals surface area contributed by atoms with E-state index in [-0.39, 0.29) is 6.54 Å². The summed E-state index contributed by atoms with van der Waals surface area (Å²) in [4.78, 5) is 9.25. The number of hydrogen-bond acceptors (Lipinski definition) is 7. The molecule has 3 atom stereocenters. The molecule has 0 radical (unpaired) electrons. The molecule has 0 heterocycles. The Morgan fingerprint density at radius 2 is 2.13 bits per heavy atom. The summed E-state index contributed by atoms with van der Waals surface area (Å²) in [5.74, 6) is 0. The molecule has 0 rings (SSSR count). The average Bonchev–Trinajstić information content (AvgIpc) is 2.18. The highest BCUT2D eigenvalue weighted by atomic mass is 31.2. The van der Waals surface area contributed by atoms with Crippen LogP contribution in [0.4, 0.5) is 0 Å². The van der Waals surface area contributed by atoms with Crippen molar-refractivity contribution in [1.82, 2.24) is 0 Å². The topological polar surface area (TPSA) is 139 Å². The van der Waals surface area contributed by atoms with Gasteiger partial charge in [0.05, 0.1) is 6.42 Å². The van der Waals surface area contributed by atoms with Crippen molar-refractivity contribution < 1.29 is 33.3 Å². The number of nitrogens with two attached hydrogens (primary N) is 1. The van der Waals surface area contributed by atoms with Crippen LogP contribution in [0.1, 0.15) is 6.42 Å². The minimum Gasteiger partial charge on any atom is -0.367 e. The molecule has 0 aliphatic heterocycles. The molecule has 0 aliphatic carbocycles. The zero-order valence-corrected chi connectivity index (χ0v) is 9.86. The highest BCUT2D eigenvalue weighted by molar-refractivity contribution is 7.67. The molecule has 15 heavy (non-hydrogen) atoms. The first kappa shape index (κ1) is 15.1. The zero-order valence-electron chi connectivity index (χ0n) is 8.07. The van der Waals surface area contributed by atoms with E-state index in [0.29, 0.717) is 0 Å². The number of aliphatic hydroxyl groups is 2. The van der Waals surface area contributed by atoms with Gasteiger partial charge < -0.3 is 25.4 Å². The standard InChI is InChI=1S/C5H13NO7P2/c1-12-15(10,11)5(8,2-3-6)14(9)13-4-7/h7-8H,2-4,6H2,1H3/p+1. The van der Waals surface area contributed by atoms with Crippen molar-refractivity contribution in [3.05, 3.63) is 0 Å². The lowest BCUT2D eigenvalue weighted by Gasteiger charge is -2.19. The zero-order chi connectivity index (χ0) is 12.1. The Morgan fingerprint density at radius 3 is 2.47 bits per heavy atom. The van der Waals surface area contributed by atoms with Gasteiger partial charge in [-0.15, -0.1) is 4.52 Å². The van der Waals surface area contributed by atoms with Gasteiger partial charge >= 0.3 is 20.7 Å². The van der Waals surface area contributed by atoms with Crippen molar-refractivity contribution in [2.75, 3.05) is 20.4 Å². The van der Waals surface area contributed by atoms with Crippen LogP contribution < -0.4 is 5.73 Å². The number of hydrogen-bond donors (Lipinski definition) is 4. The quantitative estimate of drug-likeness (QED) is 0.356. The molecular weight excluding hydrogens is 248 g/mol. The fourth-order valence-electron chi connectivity index (χ4n) is 0.831. The average molecular weight is 262 g/mol. The van der Waals surface area contributed by atoms with Crippen LogP contribution in [0.2, 0.25) is 0 Å². The van der Waals surface area contributed by atoms with Gasteiger partial charge in [0.1, 0.15) is 0 Å². The van der Waals surface area contributed by atoms with E-state index in [1.807, 2.05) is 0 Å². The van der Waals surface area contributed by atoms with Crippen LogP contribution in [0.5, 0.6) is 0 Å². The molecule has 90 valence electrons. The minimum absolute atomic E-state index is 0.194. The number of rotatable bonds is 7. The Kier molecular flexibility index (Phi) is 6.02. The van der Waals surface area contributed by atoms with Gasteiger partial charge in [-0.3, -0.25) is 4.57 Å². The summed E-state index contributed by atoms with van der Waals surface area (Å²) < 4.78 is 31.1. The lowest BCUT2D eigenvalue weighted by molar-refractivity contribution is 0.0800. The molecule has 0 spiro atoms. The second-order valence-corrected chi connectivity index (χ2v) is 6.54. The van der Waals surface area contributed by atoms with Gasteiger partial charge in [-0.1, -0.05) is 0 Å². The normalized spacial score (nSPS) is 20.5. The molecule has 0 fully saturated rings. The van der Waals surface area contributed by atoms with Crippen LogP contribution in [0.3, 0.4) is 0 Å². The Balaban J connectivity index is 5.05. The van der Waals surface area contributed by atoms with E-state index in [2.05, 4.69) is 9.05 Å². The van der Waals surface area contributed by atoms with Crippen LogP contribution in [0.15, 0.2) is 0 Å². The van der Waals surface area contributed by atoms with Gasteiger partial charge in [0.15, 0.2) is 6.79 Å². The van der Waals surface area contributed by atoms with Crippen molar-refractivity contribution in [3.63, 3.8) is 0 Å². The molecule has 0 saturated carbocycles. The fourth-order valence-corrected chi connectivity index (χ4v) is 3.40. The highest BCUT2D eigenvalue weighted by Crippen LogP contribution is 2.65. The van der Waals surface area contributed by atoms with E-state index >= 15 is 0 Å². The Hall–Kier alpha value is 0.0900. The minimum atomic E-state index is -4.54. The van der Waals surface area contributed by atoms with Gasteiger partial charge in [0, 0.05) is 13.7 Å². The second kappa shape index (κ2) is 5.98. The molecule has 0 amide bonds. The SMILES string of the molecule is COP(=O)(O)C(O)(CCN)[P+](=O)OCO. The maximum atomic E-state index is 11.4. The molecule has 0 aromatic heterocycles. The summed E-state index contributed by atoms with van der Waals surface area (Å²) >= 11 is 0. The van der Waals surface area contributed by atoms with Gasteiger partial charge in [-0.25, -0.2) is 0 Å². The predicted octanol–water partition coefficient (Wildman–Crippen LogP) is -0.478. The summed E-state index contributed by atoms with van der Waals surface area (Å²) in [7, 11) is -6.65. The maximum absolute atomic E-state index is 11.4. The molecule has 8 nitrogen and oxygen atoms in total. The van der Waals surface area contributed by atoms with Crippen LogP contribution in [-0.2, 0) is 18.2 Å². The van der Waals surface area contributed by atoms with Crippen LogP contribution in [0.25, 0.3) is 0 Å². The van der Waals surface area contributed by atoms with E-state index in [9.17, 15) is 19.1 Å². The van der Waals surface area contributed by atoms with E-state index < -0.39 is 33.9 Å². The third-order valence-electron chi connectivity index (χ3n) is 1.65. The first-order valence-electron chi connectivity index (χ1n) is 3.88. The lowest BCUT2D eigenvalue weighted by Crippen LogP contribution is -2.29. The summed E-state index contributed by atoms with van der Waals surface area (Å²) in [6, 6.07) is 0. The lowest BCUT2D eigenvalue weighted by atomic mass is 10.5.